The molecule has 1 amide bonds. The molecule has 5 heteroatoms. The lowest BCUT2D eigenvalue weighted by atomic mass is 10.1. The second-order valence-corrected chi connectivity index (χ2v) is 4.69. The summed E-state index contributed by atoms with van der Waals surface area (Å²) in [5.41, 5.74) is 1.51. The van der Waals surface area contributed by atoms with E-state index in [-0.39, 0.29) is 11.9 Å². The summed E-state index contributed by atoms with van der Waals surface area (Å²) in [5.74, 6) is 1.15. The van der Waals surface area contributed by atoms with Crippen molar-refractivity contribution in [3.8, 4) is 11.5 Å². The van der Waals surface area contributed by atoms with Crippen LogP contribution in [0.25, 0.3) is 0 Å². The Hall–Kier alpha value is -1.75. The first-order chi connectivity index (χ1) is 9.15. The summed E-state index contributed by atoms with van der Waals surface area (Å²) in [5, 5.41) is 6.25. The van der Waals surface area contributed by atoms with Crippen LogP contribution in [0.15, 0.2) is 12.1 Å². The van der Waals surface area contributed by atoms with Crippen LogP contribution in [0.5, 0.6) is 11.5 Å². The number of rotatable bonds is 4. The number of amides is 1. The van der Waals surface area contributed by atoms with E-state index < -0.39 is 0 Å². The van der Waals surface area contributed by atoms with Crippen LogP contribution in [0.3, 0.4) is 0 Å². The van der Waals surface area contributed by atoms with Crippen LogP contribution in [0, 0.1) is 6.92 Å². The van der Waals surface area contributed by atoms with Gasteiger partial charge in [0.1, 0.15) is 0 Å². The van der Waals surface area contributed by atoms with Gasteiger partial charge in [-0.1, -0.05) is 0 Å². The smallest absolute Gasteiger partial charge is 0.251 e. The van der Waals surface area contributed by atoms with Gasteiger partial charge in [0.05, 0.1) is 14.2 Å². The van der Waals surface area contributed by atoms with Crippen molar-refractivity contribution < 1.29 is 14.3 Å². The van der Waals surface area contributed by atoms with Crippen LogP contribution in [-0.2, 0) is 0 Å². The molecule has 2 rings (SSSR count). The molecular formula is C14H20N2O3. The largest absolute Gasteiger partial charge is 0.493 e. The van der Waals surface area contributed by atoms with E-state index in [4.69, 9.17) is 9.47 Å². The van der Waals surface area contributed by atoms with Gasteiger partial charge in [-0.3, -0.25) is 4.79 Å². The third-order valence-electron chi connectivity index (χ3n) is 3.37. The Kier molecular flexibility index (Phi) is 4.27. The van der Waals surface area contributed by atoms with Crippen molar-refractivity contribution in [2.75, 3.05) is 27.3 Å². The number of carbonyl (C=O) groups is 1. The van der Waals surface area contributed by atoms with Gasteiger partial charge in [0.15, 0.2) is 11.5 Å². The molecule has 1 saturated heterocycles. The third-order valence-corrected chi connectivity index (χ3v) is 3.37. The highest BCUT2D eigenvalue weighted by molar-refractivity contribution is 5.96. The number of hydrogen-bond donors (Lipinski definition) is 2. The van der Waals surface area contributed by atoms with Crippen molar-refractivity contribution in [2.45, 2.75) is 19.4 Å². The minimum atomic E-state index is -0.0628. The number of aryl methyl sites for hydroxylation is 1. The van der Waals surface area contributed by atoms with Gasteiger partial charge in [-0.05, 0) is 37.6 Å². The summed E-state index contributed by atoms with van der Waals surface area (Å²) in [6.07, 6.45) is 0.970. The Morgan fingerprint density at radius 2 is 2.00 bits per heavy atom. The summed E-state index contributed by atoms with van der Waals surface area (Å²) >= 11 is 0. The van der Waals surface area contributed by atoms with E-state index in [0.29, 0.717) is 17.1 Å². The predicted octanol–water partition coefficient (Wildman–Crippen LogP) is 1.10. The summed E-state index contributed by atoms with van der Waals surface area (Å²) in [4.78, 5) is 12.3. The van der Waals surface area contributed by atoms with Gasteiger partial charge in [0.2, 0.25) is 0 Å². The number of carbonyl (C=O) groups excluding carboxylic acids is 1. The van der Waals surface area contributed by atoms with E-state index in [0.717, 1.165) is 25.1 Å². The Balaban J connectivity index is 2.20. The molecule has 1 unspecified atom stereocenters. The molecular weight excluding hydrogens is 244 g/mol. The average molecular weight is 264 g/mol. The van der Waals surface area contributed by atoms with E-state index in [9.17, 15) is 4.79 Å². The molecule has 1 aromatic rings. The minimum absolute atomic E-state index is 0.0628. The number of ether oxygens (including phenoxy) is 2. The molecule has 0 bridgehead atoms. The molecule has 0 aromatic heterocycles. The molecule has 19 heavy (non-hydrogen) atoms. The van der Waals surface area contributed by atoms with E-state index >= 15 is 0 Å². The third kappa shape index (κ3) is 2.98. The molecule has 1 aliphatic rings. The summed E-state index contributed by atoms with van der Waals surface area (Å²) in [7, 11) is 3.15. The molecule has 1 atom stereocenters. The maximum atomic E-state index is 12.3. The van der Waals surface area contributed by atoms with E-state index in [1.165, 1.54) is 0 Å². The summed E-state index contributed by atoms with van der Waals surface area (Å²) in [6, 6.07) is 3.76. The van der Waals surface area contributed by atoms with Crippen molar-refractivity contribution in [1.29, 1.82) is 0 Å². The molecule has 1 heterocycles. The van der Waals surface area contributed by atoms with Gasteiger partial charge < -0.3 is 20.1 Å². The Morgan fingerprint density at radius 3 is 2.58 bits per heavy atom. The van der Waals surface area contributed by atoms with E-state index in [1.54, 1.807) is 20.3 Å². The van der Waals surface area contributed by atoms with Gasteiger partial charge in [-0.2, -0.15) is 0 Å². The zero-order valence-corrected chi connectivity index (χ0v) is 11.6. The summed E-state index contributed by atoms with van der Waals surface area (Å²) < 4.78 is 10.5. The molecule has 1 aliphatic heterocycles. The highest BCUT2D eigenvalue weighted by Crippen LogP contribution is 2.30. The normalized spacial score (nSPS) is 18.2. The Labute approximate surface area is 113 Å². The second kappa shape index (κ2) is 5.93. The monoisotopic (exact) mass is 264 g/mol. The highest BCUT2D eigenvalue weighted by atomic mass is 16.5. The quantitative estimate of drug-likeness (QED) is 0.855. The molecule has 5 nitrogen and oxygen atoms in total. The molecule has 0 saturated carbocycles. The van der Waals surface area contributed by atoms with Crippen molar-refractivity contribution in [1.82, 2.24) is 10.6 Å². The van der Waals surface area contributed by atoms with Crippen LogP contribution in [0.1, 0.15) is 22.3 Å². The topological polar surface area (TPSA) is 59.6 Å². The van der Waals surface area contributed by atoms with Gasteiger partial charge in [0, 0.05) is 18.2 Å². The second-order valence-electron chi connectivity index (χ2n) is 4.69. The first-order valence-corrected chi connectivity index (χ1v) is 6.40. The molecule has 1 fully saturated rings. The van der Waals surface area contributed by atoms with Gasteiger partial charge in [0.25, 0.3) is 5.91 Å². The van der Waals surface area contributed by atoms with Crippen molar-refractivity contribution in [2.24, 2.45) is 0 Å². The van der Waals surface area contributed by atoms with Crippen LogP contribution in [0.2, 0.25) is 0 Å². The molecule has 104 valence electrons. The zero-order chi connectivity index (χ0) is 13.8. The molecule has 0 spiro atoms. The maximum absolute atomic E-state index is 12.3. The molecule has 0 aliphatic carbocycles. The molecule has 0 radical (unpaired) electrons. The minimum Gasteiger partial charge on any atom is -0.493 e. The van der Waals surface area contributed by atoms with Crippen LogP contribution in [-0.4, -0.2) is 39.3 Å². The van der Waals surface area contributed by atoms with Gasteiger partial charge in [-0.15, -0.1) is 0 Å². The molecule has 2 N–H and O–H groups in total. The SMILES string of the molecule is COc1cc(C)c(C(=O)NC2CCNC2)cc1OC. The number of nitrogens with one attached hydrogen (secondary N) is 2. The zero-order valence-electron chi connectivity index (χ0n) is 11.6. The lowest BCUT2D eigenvalue weighted by Crippen LogP contribution is -2.36. The van der Waals surface area contributed by atoms with E-state index in [2.05, 4.69) is 10.6 Å². The van der Waals surface area contributed by atoms with E-state index in [1.807, 2.05) is 13.0 Å². The fourth-order valence-corrected chi connectivity index (χ4v) is 2.27. The highest BCUT2D eigenvalue weighted by Gasteiger charge is 2.20. The van der Waals surface area contributed by atoms with Gasteiger partial charge in [-0.25, -0.2) is 0 Å². The van der Waals surface area contributed by atoms with Crippen LogP contribution < -0.4 is 20.1 Å². The maximum Gasteiger partial charge on any atom is 0.251 e. The fraction of sp³-hybridized carbons (Fsp3) is 0.500. The Bertz CT molecular complexity index is 468. The fourth-order valence-electron chi connectivity index (χ4n) is 2.27. The van der Waals surface area contributed by atoms with Crippen molar-refractivity contribution in [3.63, 3.8) is 0 Å². The predicted molar refractivity (Wildman–Crippen MR) is 73.0 cm³/mol. The number of benzene rings is 1. The van der Waals surface area contributed by atoms with Crippen molar-refractivity contribution >= 4 is 5.91 Å². The Morgan fingerprint density at radius 1 is 1.32 bits per heavy atom. The number of methoxy groups -OCH3 is 2. The van der Waals surface area contributed by atoms with Crippen molar-refractivity contribution in [3.05, 3.63) is 23.3 Å². The summed E-state index contributed by atoms with van der Waals surface area (Å²) in [6.45, 7) is 3.68. The first-order valence-electron chi connectivity index (χ1n) is 6.40. The van der Waals surface area contributed by atoms with Crippen LogP contribution >= 0.6 is 0 Å². The first kappa shape index (κ1) is 13.7. The van der Waals surface area contributed by atoms with Crippen LogP contribution in [0.4, 0.5) is 0 Å². The molecule has 1 aromatic carbocycles. The standard InChI is InChI=1S/C14H20N2O3/c1-9-6-12(18-2)13(19-3)7-11(9)14(17)16-10-4-5-15-8-10/h6-7,10,15H,4-5,8H2,1-3H3,(H,16,17). The van der Waals surface area contributed by atoms with Gasteiger partial charge >= 0.3 is 0 Å². The average Bonchev–Trinajstić information content (AvgIpc) is 2.90. The lowest BCUT2D eigenvalue weighted by Gasteiger charge is -2.15. The number of hydrogen-bond acceptors (Lipinski definition) is 4. The lowest BCUT2D eigenvalue weighted by molar-refractivity contribution is 0.0939.